The van der Waals surface area contributed by atoms with E-state index in [9.17, 15) is 14.0 Å². The lowest BCUT2D eigenvalue weighted by atomic mass is 10.1. The minimum atomic E-state index is -1.16. The third-order valence-electron chi connectivity index (χ3n) is 4.69. The molecule has 2 aromatic carbocycles. The molecule has 1 fully saturated rings. The largest absolute Gasteiger partial charge is 0.445 e. The van der Waals surface area contributed by atoms with Crippen molar-refractivity contribution >= 4 is 12.2 Å². The first-order chi connectivity index (χ1) is 14.1. The number of alkyl carbamates (subject to hydrolysis) is 1. The number of hydrogen-bond donors (Lipinski definition) is 1. The van der Waals surface area contributed by atoms with Crippen molar-refractivity contribution in [3.63, 3.8) is 0 Å². The number of hydrogen-bond acceptors (Lipinski definition) is 4. The summed E-state index contributed by atoms with van der Waals surface area (Å²) < 4.78 is 24.6. The number of amides is 2. The van der Waals surface area contributed by atoms with Crippen LogP contribution >= 0.6 is 0 Å². The third-order valence-corrected chi connectivity index (χ3v) is 4.69. The van der Waals surface area contributed by atoms with Crippen molar-refractivity contribution in [1.82, 2.24) is 10.2 Å². The van der Waals surface area contributed by atoms with E-state index in [2.05, 4.69) is 5.32 Å². The monoisotopic (exact) mass is 400 g/mol. The maximum absolute atomic E-state index is 14.1. The molecule has 0 aromatic heterocycles. The van der Waals surface area contributed by atoms with Crippen molar-refractivity contribution in [2.45, 2.75) is 38.3 Å². The Morgan fingerprint density at radius 1 is 0.897 bits per heavy atom. The van der Waals surface area contributed by atoms with Crippen LogP contribution in [0.15, 0.2) is 60.7 Å². The van der Waals surface area contributed by atoms with Gasteiger partial charge in [-0.3, -0.25) is 0 Å². The normalized spacial score (nSPS) is 19.1. The second-order valence-electron chi connectivity index (χ2n) is 7.02. The van der Waals surface area contributed by atoms with E-state index in [0.29, 0.717) is 6.42 Å². The highest BCUT2D eigenvalue weighted by Gasteiger charge is 2.29. The molecular formula is C22H25FN2O4. The molecule has 0 radical (unpaired) electrons. The van der Waals surface area contributed by atoms with E-state index in [1.54, 1.807) is 0 Å². The Labute approximate surface area is 169 Å². The Bertz CT molecular complexity index is 788. The van der Waals surface area contributed by atoms with Crippen LogP contribution in [-0.2, 0) is 22.7 Å². The van der Waals surface area contributed by atoms with Crippen LogP contribution < -0.4 is 5.32 Å². The molecule has 154 valence electrons. The van der Waals surface area contributed by atoms with E-state index < -0.39 is 24.4 Å². The zero-order valence-corrected chi connectivity index (χ0v) is 16.1. The third kappa shape index (κ3) is 6.78. The van der Waals surface area contributed by atoms with Crippen LogP contribution in [0.5, 0.6) is 0 Å². The molecule has 7 heteroatoms. The van der Waals surface area contributed by atoms with Gasteiger partial charge in [0.05, 0.1) is 12.6 Å². The fraction of sp³-hybridized carbons (Fsp3) is 0.364. The Morgan fingerprint density at radius 3 is 2.10 bits per heavy atom. The Balaban J connectivity index is 1.50. The van der Waals surface area contributed by atoms with E-state index in [1.807, 2.05) is 60.7 Å². The second-order valence-corrected chi connectivity index (χ2v) is 7.02. The molecule has 3 rings (SSSR count). The Hall–Kier alpha value is -3.09. The first-order valence-corrected chi connectivity index (χ1v) is 9.67. The molecule has 0 aliphatic carbocycles. The zero-order chi connectivity index (χ0) is 20.5. The average Bonchev–Trinajstić information content (AvgIpc) is 2.93. The van der Waals surface area contributed by atoms with Gasteiger partial charge < -0.3 is 19.7 Å². The van der Waals surface area contributed by atoms with Gasteiger partial charge >= 0.3 is 12.2 Å². The number of alkyl halides is 1. The molecule has 1 saturated heterocycles. The molecule has 0 saturated carbocycles. The molecule has 1 unspecified atom stereocenters. The number of benzene rings is 2. The standard InChI is InChI=1S/C22H25FN2O4/c23-19-11-12-20(24-21(26)28-15-17-7-3-1-4-8-17)14-25(13-19)22(27)29-16-18-9-5-2-6-10-18/h1-10,19-20H,11-16H2,(H,24,26)/t19?,20-/m0/s1. The van der Waals surface area contributed by atoms with E-state index in [-0.39, 0.29) is 32.7 Å². The Morgan fingerprint density at radius 2 is 1.48 bits per heavy atom. The van der Waals surface area contributed by atoms with Crippen molar-refractivity contribution in [3.8, 4) is 0 Å². The van der Waals surface area contributed by atoms with Crippen molar-refractivity contribution in [1.29, 1.82) is 0 Å². The van der Waals surface area contributed by atoms with Crippen LogP contribution in [0.2, 0.25) is 0 Å². The first-order valence-electron chi connectivity index (χ1n) is 9.67. The lowest BCUT2D eigenvalue weighted by molar-refractivity contribution is 0.0860. The van der Waals surface area contributed by atoms with Crippen LogP contribution in [0.25, 0.3) is 0 Å². The maximum Gasteiger partial charge on any atom is 0.410 e. The summed E-state index contributed by atoms with van der Waals surface area (Å²) in [5.41, 5.74) is 1.73. The van der Waals surface area contributed by atoms with Gasteiger partial charge in [0.15, 0.2) is 0 Å². The van der Waals surface area contributed by atoms with Gasteiger partial charge in [0.2, 0.25) is 0 Å². The fourth-order valence-corrected chi connectivity index (χ4v) is 3.15. The number of rotatable bonds is 5. The molecule has 6 nitrogen and oxygen atoms in total. The molecule has 1 aliphatic heterocycles. The predicted molar refractivity (Wildman–Crippen MR) is 106 cm³/mol. The summed E-state index contributed by atoms with van der Waals surface area (Å²) in [7, 11) is 0. The molecule has 0 bridgehead atoms. The number of carbonyl (C=O) groups is 2. The second kappa shape index (κ2) is 10.5. The van der Waals surface area contributed by atoms with Gasteiger partial charge in [-0.1, -0.05) is 60.7 Å². The molecule has 0 spiro atoms. The van der Waals surface area contributed by atoms with Gasteiger partial charge in [0.25, 0.3) is 0 Å². The van der Waals surface area contributed by atoms with Crippen LogP contribution in [0, 0.1) is 0 Å². The topological polar surface area (TPSA) is 67.9 Å². The number of ether oxygens (including phenoxy) is 2. The number of halogens is 1. The average molecular weight is 400 g/mol. The van der Waals surface area contributed by atoms with E-state index in [1.165, 1.54) is 4.90 Å². The molecule has 1 heterocycles. The number of likely N-dealkylation sites (tertiary alicyclic amines) is 1. The van der Waals surface area contributed by atoms with Crippen molar-refractivity contribution in [2.24, 2.45) is 0 Å². The van der Waals surface area contributed by atoms with Crippen molar-refractivity contribution in [2.75, 3.05) is 13.1 Å². The quantitative estimate of drug-likeness (QED) is 0.822. The molecule has 1 aliphatic rings. The van der Waals surface area contributed by atoms with Gasteiger partial charge in [-0.05, 0) is 24.0 Å². The van der Waals surface area contributed by atoms with Gasteiger partial charge in [0, 0.05) is 6.54 Å². The predicted octanol–water partition coefficient (Wildman–Crippen LogP) is 4.05. The molecular weight excluding hydrogens is 375 g/mol. The summed E-state index contributed by atoms with van der Waals surface area (Å²) in [6.07, 6.45) is -1.67. The highest BCUT2D eigenvalue weighted by molar-refractivity contribution is 5.69. The molecule has 1 N–H and O–H groups in total. The molecule has 2 amide bonds. The summed E-state index contributed by atoms with van der Waals surface area (Å²) in [6.45, 7) is 0.387. The lowest BCUT2D eigenvalue weighted by Crippen LogP contribution is -2.45. The lowest BCUT2D eigenvalue weighted by Gasteiger charge is -2.24. The van der Waals surface area contributed by atoms with Crippen LogP contribution in [0.4, 0.5) is 14.0 Å². The number of carbonyl (C=O) groups excluding carboxylic acids is 2. The Kier molecular flexibility index (Phi) is 7.44. The van der Waals surface area contributed by atoms with E-state index >= 15 is 0 Å². The molecule has 2 atom stereocenters. The number of nitrogens with zero attached hydrogens (tertiary/aromatic N) is 1. The minimum absolute atomic E-state index is 0.0507. The highest BCUT2D eigenvalue weighted by atomic mass is 19.1. The highest BCUT2D eigenvalue weighted by Crippen LogP contribution is 2.16. The maximum atomic E-state index is 14.1. The van der Waals surface area contributed by atoms with Gasteiger partial charge in [-0.15, -0.1) is 0 Å². The van der Waals surface area contributed by atoms with Gasteiger partial charge in [-0.25, -0.2) is 14.0 Å². The van der Waals surface area contributed by atoms with E-state index in [4.69, 9.17) is 9.47 Å². The van der Waals surface area contributed by atoms with Gasteiger partial charge in [-0.2, -0.15) is 0 Å². The summed E-state index contributed by atoms with van der Waals surface area (Å²) in [4.78, 5) is 25.8. The summed E-state index contributed by atoms with van der Waals surface area (Å²) >= 11 is 0. The van der Waals surface area contributed by atoms with Crippen molar-refractivity contribution < 1.29 is 23.5 Å². The minimum Gasteiger partial charge on any atom is -0.445 e. The van der Waals surface area contributed by atoms with Crippen LogP contribution in [0.3, 0.4) is 0 Å². The number of nitrogens with one attached hydrogen (secondary N) is 1. The smallest absolute Gasteiger partial charge is 0.410 e. The molecule has 29 heavy (non-hydrogen) atoms. The van der Waals surface area contributed by atoms with Crippen LogP contribution in [0.1, 0.15) is 24.0 Å². The first kappa shape index (κ1) is 20.6. The van der Waals surface area contributed by atoms with Gasteiger partial charge in [0.1, 0.15) is 19.4 Å². The fourth-order valence-electron chi connectivity index (χ4n) is 3.15. The summed E-state index contributed by atoms with van der Waals surface area (Å²) in [6, 6.07) is 18.2. The SMILES string of the molecule is O=C(N[C@H]1CCC(F)CN(C(=O)OCc2ccccc2)C1)OCc1ccccc1. The molecule has 2 aromatic rings. The van der Waals surface area contributed by atoms with E-state index in [0.717, 1.165) is 11.1 Å². The zero-order valence-electron chi connectivity index (χ0n) is 16.1. The van der Waals surface area contributed by atoms with Crippen molar-refractivity contribution in [3.05, 3.63) is 71.8 Å². The summed E-state index contributed by atoms with van der Waals surface area (Å²) in [5, 5.41) is 2.73. The summed E-state index contributed by atoms with van der Waals surface area (Å²) in [5.74, 6) is 0. The van der Waals surface area contributed by atoms with Crippen LogP contribution in [-0.4, -0.2) is 42.4 Å².